The van der Waals surface area contributed by atoms with E-state index in [1.807, 2.05) is 17.0 Å². The molecule has 28 heavy (non-hydrogen) atoms. The first kappa shape index (κ1) is 18.6. The van der Waals surface area contributed by atoms with E-state index >= 15 is 0 Å². The molecule has 3 amide bonds. The molecule has 1 atom stereocenters. The molecule has 1 aromatic carbocycles. The van der Waals surface area contributed by atoms with Gasteiger partial charge in [0, 0.05) is 18.5 Å². The standard InChI is InChI=1S/C20H23N3O5/c24-17-4-3-16(19(27)21-17)23-10-14-9-13(1-2-15(14)20(23)28)12-5-7-22(8-6-12)11-18(25)26/h1-2,9,12,16H,3-8,10-11H2,(H,25,26)(H,21,24,27). The van der Waals surface area contributed by atoms with Gasteiger partial charge in [0.1, 0.15) is 6.04 Å². The summed E-state index contributed by atoms with van der Waals surface area (Å²) in [7, 11) is 0. The number of nitrogens with zero attached hydrogens (tertiary/aromatic N) is 2. The monoisotopic (exact) mass is 385 g/mol. The van der Waals surface area contributed by atoms with Crippen molar-refractivity contribution in [1.82, 2.24) is 15.1 Å². The van der Waals surface area contributed by atoms with Gasteiger partial charge in [0.15, 0.2) is 0 Å². The fourth-order valence-corrected chi connectivity index (χ4v) is 4.46. The molecule has 3 aliphatic rings. The van der Waals surface area contributed by atoms with Crippen molar-refractivity contribution in [2.24, 2.45) is 0 Å². The SMILES string of the molecule is O=C(O)CN1CCC(c2ccc3c(c2)CN(C2CCC(=O)NC2=O)C3=O)CC1. The molecule has 2 saturated heterocycles. The maximum Gasteiger partial charge on any atom is 0.317 e. The highest BCUT2D eigenvalue weighted by Crippen LogP contribution is 2.33. The summed E-state index contributed by atoms with van der Waals surface area (Å²) in [5.41, 5.74) is 2.70. The molecule has 0 spiro atoms. The molecule has 0 saturated carbocycles. The first-order valence-corrected chi connectivity index (χ1v) is 9.64. The molecule has 0 aromatic heterocycles. The summed E-state index contributed by atoms with van der Waals surface area (Å²) in [6.07, 6.45) is 2.38. The highest BCUT2D eigenvalue weighted by Gasteiger charge is 2.39. The molecule has 0 aliphatic carbocycles. The molecule has 3 aliphatic heterocycles. The maximum absolute atomic E-state index is 12.8. The van der Waals surface area contributed by atoms with Gasteiger partial charge in [-0.1, -0.05) is 12.1 Å². The molecular formula is C20H23N3O5. The van der Waals surface area contributed by atoms with Crippen molar-refractivity contribution in [2.75, 3.05) is 19.6 Å². The van der Waals surface area contributed by atoms with E-state index in [4.69, 9.17) is 5.11 Å². The Kier molecular flexibility index (Phi) is 4.89. The topological polar surface area (TPSA) is 107 Å². The molecule has 2 fully saturated rings. The summed E-state index contributed by atoms with van der Waals surface area (Å²) >= 11 is 0. The molecule has 8 nitrogen and oxygen atoms in total. The van der Waals surface area contributed by atoms with E-state index in [0.29, 0.717) is 24.4 Å². The Balaban J connectivity index is 1.45. The van der Waals surface area contributed by atoms with Gasteiger partial charge in [0.2, 0.25) is 11.8 Å². The van der Waals surface area contributed by atoms with Gasteiger partial charge in [-0.3, -0.25) is 29.4 Å². The second-order valence-electron chi connectivity index (χ2n) is 7.76. The van der Waals surface area contributed by atoms with Crippen molar-refractivity contribution in [2.45, 2.75) is 44.2 Å². The number of aliphatic carboxylic acids is 1. The average molecular weight is 385 g/mol. The van der Waals surface area contributed by atoms with Crippen LogP contribution in [0.5, 0.6) is 0 Å². The van der Waals surface area contributed by atoms with Gasteiger partial charge >= 0.3 is 5.97 Å². The smallest absolute Gasteiger partial charge is 0.317 e. The van der Waals surface area contributed by atoms with Crippen LogP contribution in [0.15, 0.2) is 18.2 Å². The van der Waals surface area contributed by atoms with E-state index in [0.717, 1.165) is 37.1 Å². The van der Waals surface area contributed by atoms with Crippen LogP contribution < -0.4 is 5.32 Å². The average Bonchev–Trinajstić information content (AvgIpc) is 2.98. The Morgan fingerprint density at radius 2 is 1.89 bits per heavy atom. The summed E-state index contributed by atoms with van der Waals surface area (Å²) in [4.78, 5) is 50.6. The summed E-state index contributed by atoms with van der Waals surface area (Å²) < 4.78 is 0. The molecule has 1 unspecified atom stereocenters. The minimum Gasteiger partial charge on any atom is -0.480 e. The molecule has 8 heteroatoms. The largest absolute Gasteiger partial charge is 0.480 e. The van der Waals surface area contributed by atoms with Crippen molar-refractivity contribution < 1.29 is 24.3 Å². The van der Waals surface area contributed by atoms with Crippen molar-refractivity contribution in [3.8, 4) is 0 Å². The van der Waals surface area contributed by atoms with Gasteiger partial charge in [0.25, 0.3) is 5.91 Å². The molecule has 4 rings (SSSR count). The lowest BCUT2D eigenvalue weighted by Gasteiger charge is -2.31. The zero-order valence-corrected chi connectivity index (χ0v) is 15.5. The van der Waals surface area contributed by atoms with Gasteiger partial charge in [-0.2, -0.15) is 0 Å². The number of carboxylic acid groups (broad SMARTS) is 1. The zero-order chi connectivity index (χ0) is 19.8. The van der Waals surface area contributed by atoms with Crippen molar-refractivity contribution in [3.05, 3.63) is 34.9 Å². The number of hydrogen-bond donors (Lipinski definition) is 2. The van der Waals surface area contributed by atoms with Gasteiger partial charge in [0.05, 0.1) is 6.54 Å². The highest BCUT2D eigenvalue weighted by atomic mass is 16.4. The van der Waals surface area contributed by atoms with Gasteiger partial charge < -0.3 is 10.0 Å². The van der Waals surface area contributed by atoms with Crippen LogP contribution in [-0.4, -0.2) is 64.3 Å². The quantitative estimate of drug-likeness (QED) is 0.740. The van der Waals surface area contributed by atoms with Crippen LogP contribution in [0.2, 0.25) is 0 Å². The number of carbonyl (C=O) groups excluding carboxylic acids is 3. The van der Waals surface area contributed by atoms with Crippen LogP contribution in [0.3, 0.4) is 0 Å². The third-order valence-electron chi connectivity index (χ3n) is 5.97. The molecule has 1 aromatic rings. The summed E-state index contributed by atoms with van der Waals surface area (Å²) in [5.74, 6) is -1.31. The minimum absolute atomic E-state index is 0.0757. The van der Waals surface area contributed by atoms with E-state index in [-0.39, 0.29) is 24.8 Å². The number of piperidine rings is 2. The predicted octanol–water partition coefficient (Wildman–Crippen LogP) is 0.712. The number of amides is 3. The predicted molar refractivity (Wildman–Crippen MR) is 98.5 cm³/mol. The van der Waals surface area contributed by atoms with Crippen LogP contribution in [0.4, 0.5) is 0 Å². The van der Waals surface area contributed by atoms with Crippen LogP contribution in [0.1, 0.15) is 53.1 Å². The fourth-order valence-electron chi connectivity index (χ4n) is 4.46. The summed E-state index contributed by atoms with van der Waals surface area (Å²) in [5, 5.41) is 11.2. The Labute approximate surface area is 162 Å². The zero-order valence-electron chi connectivity index (χ0n) is 15.5. The van der Waals surface area contributed by atoms with E-state index < -0.39 is 17.9 Å². The third-order valence-corrected chi connectivity index (χ3v) is 5.97. The lowest BCUT2D eigenvalue weighted by Crippen LogP contribution is -2.52. The molecule has 148 valence electrons. The molecule has 0 radical (unpaired) electrons. The second-order valence-corrected chi connectivity index (χ2v) is 7.76. The molecule has 0 bridgehead atoms. The number of fused-ring (bicyclic) bond motifs is 1. The number of carboxylic acids is 1. The van der Waals surface area contributed by atoms with Crippen molar-refractivity contribution >= 4 is 23.7 Å². The van der Waals surface area contributed by atoms with E-state index in [1.54, 1.807) is 4.90 Å². The van der Waals surface area contributed by atoms with Crippen molar-refractivity contribution in [3.63, 3.8) is 0 Å². The van der Waals surface area contributed by atoms with Crippen LogP contribution in [0, 0.1) is 0 Å². The normalized spacial score (nSPS) is 23.6. The number of carbonyl (C=O) groups is 4. The van der Waals surface area contributed by atoms with E-state index in [1.165, 1.54) is 0 Å². The van der Waals surface area contributed by atoms with Crippen LogP contribution >= 0.6 is 0 Å². The first-order chi connectivity index (χ1) is 13.4. The van der Waals surface area contributed by atoms with Crippen LogP contribution in [-0.2, 0) is 20.9 Å². The summed E-state index contributed by atoms with van der Waals surface area (Å²) in [6, 6.07) is 5.27. The highest BCUT2D eigenvalue weighted by molar-refractivity contribution is 6.05. The molecular weight excluding hydrogens is 362 g/mol. The van der Waals surface area contributed by atoms with Gasteiger partial charge in [-0.15, -0.1) is 0 Å². The Morgan fingerprint density at radius 1 is 1.14 bits per heavy atom. The minimum atomic E-state index is -0.803. The van der Waals surface area contributed by atoms with Gasteiger partial charge in [-0.25, -0.2) is 0 Å². The number of rotatable bonds is 4. The van der Waals surface area contributed by atoms with E-state index in [2.05, 4.69) is 11.4 Å². The number of likely N-dealkylation sites (tertiary alicyclic amines) is 1. The Hall–Kier alpha value is -2.74. The van der Waals surface area contributed by atoms with Crippen LogP contribution in [0.25, 0.3) is 0 Å². The molecule has 3 heterocycles. The Bertz CT molecular complexity index is 844. The first-order valence-electron chi connectivity index (χ1n) is 9.64. The lowest BCUT2D eigenvalue weighted by atomic mass is 9.88. The number of benzene rings is 1. The lowest BCUT2D eigenvalue weighted by molar-refractivity contribution is -0.139. The number of nitrogens with one attached hydrogen (secondary N) is 1. The number of imide groups is 1. The van der Waals surface area contributed by atoms with E-state index in [9.17, 15) is 19.2 Å². The Morgan fingerprint density at radius 3 is 2.57 bits per heavy atom. The summed E-state index contributed by atoms with van der Waals surface area (Å²) in [6.45, 7) is 1.95. The second kappa shape index (κ2) is 7.35. The molecule has 2 N–H and O–H groups in total. The number of hydrogen-bond acceptors (Lipinski definition) is 5. The van der Waals surface area contributed by atoms with Crippen molar-refractivity contribution in [1.29, 1.82) is 0 Å². The fraction of sp³-hybridized carbons (Fsp3) is 0.500. The third kappa shape index (κ3) is 3.52. The van der Waals surface area contributed by atoms with Gasteiger partial charge in [-0.05, 0) is 55.5 Å². The maximum atomic E-state index is 12.8.